The molecule has 4 heteroatoms. The van der Waals surface area contributed by atoms with Crippen LogP contribution >= 0.6 is 22.6 Å². The Kier molecular flexibility index (Phi) is 2.53. The van der Waals surface area contributed by atoms with E-state index in [0.29, 0.717) is 9.26 Å². The smallest absolute Gasteiger partial charge is 0.169 e. The molecular formula is C7H7FINO. The summed E-state index contributed by atoms with van der Waals surface area (Å²) < 4.78 is 18.3. The molecule has 60 valence electrons. The molecule has 0 aliphatic carbocycles. The van der Waals surface area contributed by atoms with E-state index in [1.54, 1.807) is 0 Å². The van der Waals surface area contributed by atoms with E-state index in [4.69, 9.17) is 10.5 Å². The van der Waals surface area contributed by atoms with E-state index in [0.717, 1.165) is 0 Å². The maximum atomic E-state index is 12.8. The monoisotopic (exact) mass is 267 g/mol. The molecule has 0 saturated carbocycles. The molecule has 0 aromatic heterocycles. The van der Waals surface area contributed by atoms with E-state index >= 15 is 0 Å². The van der Waals surface area contributed by atoms with Crippen LogP contribution in [0.1, 0.15) is 0 Å². The van der Waals surface area contributed by atoms with E-state index in [2.05, 4.69) is 0 Å². The minimum Gasteiger partial charge on any atom is -0.492 e. The Bertz CT molecular complexity index is 277. The average molecular weight is 267 g/mol. The van der Waals surface area contributed by atoms with Crippen LogP contribution in [-0.2, 0) is 0 Å². The van der Waals surface area contributed by atoms with Gasteiger partial charge in [0.1, 0.15) is 0 Å². The first-order chi connectivity index (χ1) is 5.16. The lowest BCUT2D eigenvalue weighted by atomic mass is 10.3. The van der Waals surface area contributed by atoms with Gasteiger partial charge in [-0.2, -0.15) is 0 Å². The van der Waals surface area contributed by atoms with Crippen LogP contribution in [0.4, 0.5) is 10.1 Å². The van der Waals surface area contributed by atoms with Crippen molar-refractivity contribution in [3.05, 3.63) is 21.5 Å². The van der Waals surface area contributed by atoms with E-state index < -0.39 is 0 Å². The Hall–Kier alpha value is -0.520. The summed E-state index contributed by atoms with van der Waals surface area (Å²) in [5, 5.41) is 0. The molecule has 2 nitrogen and oxygen atoms in total. The molecule has 0 amide bonds. The minimum absolute atomic E-state index is 0.214. The van der Waals surface area contributed by atoms with Crippen molar-refractivity contribution >= 4 is 28.3 Å². The standard InChI is InChI=1S/C7H7FINO/c1-11-7-4(8)2-3-5(10)6(7)9/h2-3H,10H2,1H3. The van der Waals surface area contributed by atoms with E-state index in [9.17, 15) is 4.39 Å². The highest BCUT2D eigenvalue weighted by atomic mass is 127. The molecule has 0 atom stereocenters. The van der Waals surface area contributed by atoms with Crippen LogP contribution in [0.15, 0.2) is 12.1 Å². The molecule has 0 saturated heterocycles. The number of hydrogen-bond acceptors (Lipinski definition) is 2. The fraction of sp³-hybridized carbons (Fsp3) is 0.143. The quantitative estimate of drug-likeness (QED) is 0.624. The van der Waals surface area contributed by atoms with Crippen molar-refractivity contribution in [1.29, 1.82) is 0 Å². The van der Waals surface area contributed by atoms with Gasteiger partial charge in [-0.3, -0.25) is 0 Å². The van der Waals surface area contributed by atoms with Crippen molar-refractivity contribution in [3.8, 4) is 5.75 Å². The van der Waals surface area contributed by atoms with Gasteiger partial charge in [-0.15, -0.1) is 0 Å². The van der Waals surface area contributed by atoms with Crippen LogP contribution in [0.2, 0.25) is 0 Å². The summed E-state index contributed by atoms with van der Waals surface area (Å²) in [4.78, 5) is 0. The molecule has 1 aromatic rings. The van der Waals surface area contributed by atoms with Gasteiger partial charge in [-0.05, 0) is 34.7 Å². The number of halogens is 2. The molecule has 1 aromatic carbocycles. The van der Waals surface area contributed by atoms with E-state index in [1.165, 1.54) is 19.2 Å². The first-order valence-electron chi connectivity index (χ1n) is 2.94. The van der Waals surface area contributed by atoms with Crippen LogP contribution in [0.3, 0.4) is 0 Å². The maximum Gasteiger partial charge on any atom is 0.169 e. The predicted molar refractivity (Wildman–Crippen MR) is 50.1 cm³/mol. The number of nitrogen functional groups attached to an aromatic ring is 1. The molecule has 0 aliphatic heterocycles. The van der Waals surface area contributed by atoms with Gasteiger partial charge in [-0.1, -0.05) is 0 Å². The van der Waals surface area contributed by atoms with E-state index in [1.807, 2.05) is 22.6 Å². The Labute approximate surface area is 77.7 Å². The number of rotatable bonds is 1. The second kappa shape index (κ2) is 3.25. The third-order valence-corrected chi connectivity index (χ3v) is 2.40. The number of anilines is 1. The molecule has 0 aliphatic rings. The SMILES string of the molecule is COc1c(F)ccc(N)c1I. The summed E-state index contributed by atoms with van der Waals surface area (Å²) in [7, 11) is 1.42. The molecule has 2 N–H and O–H groups in total. The first kappa shape index (κ1) is 8.58. The van der Waals surface area contributed by atoms with Gasteiger partial charge >= 0.3 is 0 Å². The average Bonchev–Trinajstić information content (AvgIpc) is 1.99. The molecule has 0 radical (unpaired) electrons. The van der Waals surface area contributed by atoms with Gasteiger partial charge in [0.15, 0.2) is 11.6 Å². The molecule has 0 spiro atoms. The first-order valence-corrected chi connectivity index (χ1v) is 4.02. The van der Waals surface area contributed by atoms with Crippen molar-refractivity contribution in [2.75, 3.05) is 12.8 Å². The number of hydrogen-bond donors (Lipinski definition) is 1. The molecule has 1 rings (SSSR count). The van der Waals surface area contributed by atoms with Crippen LogP contribution in [-0.4, -0.2) is 7.11 Å². The zero-order valence-corrected chi connectivity index (χ0v) is 8.05. The highest BCUT2D eigenvalue weighted by molar-refractivity contribution is 14.1. The summed E-state index contributed by atoms with van der Waals surface area (Å²) in [6.07, 6.45) is 0. The Morgan fingerprint density at radius 3 is 2.64 bits per heavy atom. The van der Waals surface area contributed by atoms with Crippen molar-refractivity contribution in [1.82, 2.24) is 0 Å². The molecule has 11 heavy (non-hydrogen) atoms. The van der Waals surface area contributed by atoms with Gasteiger partial charge < -0.3 is 10.5 Å². The second-order valence-electron chi connectivity index (χ2n) is 1.98. The van der Waals surface area contributed by atoms with Gasteiger partial charge in [0.2, 0.25) is 0 Å². The molecule has 0 bridgehead atoms. The zero-order valence-electron chi connectivity index (χ0n) is 5.90. The van der Waals surface area contributed by atoms with Crippen molar-refractivity contribution in [2.45, 2.75) is 0 Å². The van der Waals surface area contributed by atoms with Gasteiger partial charge in [0.25, 0.3) is 0 Å². The lowest BCUT2D eigenvalue weighted by Crippen LogP contribution is -1.96. The summed E-state index contributed by atoms with van der Waals surface area (Å²) in [6.45, 7) is 0. The van der Waals surface area contributed by atoms with Crippen molar-refractivity contribution in [2.24, 2.45) is 0 Å². The fourth-order valence-corrected chi connectivity index (χ4v) is 1.39. The topological polar surface area (TPSA) is 35.2 Å². The van der Waals surface area contributed by atoms with Gasteiger partial charge in [0.05, 0.1) is 10.7 Å². The van der Waals surface area contributed by atoms with Crippen LogP contribution in [0.25, 0.3) is 0 Å². The van der Waals surface area contributed by atoms with E-state index in [-0.39, 0.29) is 11.6 Å². The van der Waals surface area contributed by atoms with Crippen LogP contribution in [0, 0.1) is 9.39 Å². The predicted octanol–water partition coefficient (Wildman–Crippen LogP) is 2.02. The highest BCUT2D eigenvalue weighted by Crippen LogP contribution is 2.28. The number of methoxy groups -OCH3 is 1. The summed E-state index contributed by atoms with van der Waals surface area (Å²) >= 11 is 1.94. The summed E-state index contributed by atoms with van der Waals surface area (Å²) in [6, 6.07) is 2.80. The normalized spacial score (nSPS) is 9.73. The number of ether oxygens (including phenoxy) is 1. The largest absolute Gasteiger partial charge is 0.492 e. The van der Waals surface area contributed by atoms with Crippen molar-refractivity contribution in [3.63, 3.8) is 0 Å². The summed E-state index contributed by atoms with van der Waals surface area (Å²) in [5.74, 6) is -0.170. The maximum absolute atomic E-state index is 12.8. The lowest BCUT2D eigenvalue weighted by Gasteiger charge is -2.05. The minimum atomic E-state index is -0.383. The molecule has 0 fully saturated rings. The number of benzene rings is 1. The van der Waals surface area contributed by atoms with Gasteiger partial charge in [0, 0.05) is 5.69 Å². The third kappa shape index (κ3) is 1.55. The van der Waals surface area contributed by atoms with Crippen LogP contribution in [0.5, 0.6) is 5.75 Å². The van der Waals surface area contributed by atoms with Crippen molar-refractivity contribution < 1.29 is 9.13 Å². The Balaban J connectivity index is 3.29. The summed E-state index contributed by atoms with van der Waals surface area (Å²) in [5.41, 5.74) is 6.04. The fourth-order valence-electron chi connectivity index (χ4n) is 0.735. The second-order valence-corrected chi connectivity index (χ2v) is 3.06. The van der Waals surface area contributed by atoms with Gasteiger partial charge in [-0.25, -0.2) is 4.39 Å². The Morgan fingerprint density at radius 2 is 2.18 bits per heavy atom. The third-order valence-electron chi connectivity index (χ3n) is 1.28. The molecule has 0 unspecified atom stereocenters. The van der Waals surface area contributed by atoms with Crippen LogP contribution < -0.4 is 10.5 Å². The lowest BCUT2D eigenvalue weighted by molar-refractivity contribution is 0.384. The highest BCUT2D eigenvalue weighted by Gasteiger charge is 2.08. The number of nitrogens with two attached hydrogens (primary N) is 1. The Morgan fingerprint density at radius 1 is 1.55 bits per heavy atom. The molecule has 0 heterocycles. The molecular weight excluding hydrogens is 260 g/mol. The zero-order chi connectivity index (χ0) is 8.43.